The van der Waals surface area contributed by atoms with E-state index in [1.807, 2.05) is 20.8 Å². The van der Waals surface area contributed by atoms with Gasteiger partial charge in [-0.2, -0.15) is 0 Å². The minimum Gasteiger partial charge on any atom is -0.444 e. The van der Waals surface area contributed by atoms with Crippen molar-refractivity contribution in [2.24, 2.45) is 0 Å². The van der Waals surface area contributed by atoms with E-state index in [1.165, 1.54) is 4.90 Å². The van der Waals surface area contributed by atoms with Gasteiger partial charge in [-0.05, 0) is 40.0 Å². The molecule has 1 aliphatic heterocycles. The van der Waals surface area contributed by atoms with Crippen LogP contribution in [0, 0.1) is 0 Å². The number of rotatable bonds is 1. The van der Waals surface area contributed by atoms with Crippen LogP contribution < -0.4 is 0 Å². The standard InChI is InChI=1S/C14H24N2O4/c1-14(2,3)20-13(19)15-6-7-16(12(18)9-15)10-4-5-11(17)8-10/h10-11,17H,4-9H2,1-3H3/t10-,11-/m0/s1. The van der Waals surface area contributed by atoms with Crippen molar-refractivity contribution in [1.29, 1.82) is 0 Å². The van der Waals surface area contributed by atoms with E-state index in [9.17, 15) is 14.7 Å². The Balaban J connectivity index is 1.89. The van der Waals surface area contributed by atoms with Gasteiger partial charge >= 0.3 is 6.09 Å². The van der Waals surface area contributed by atoms with Crippen molar-refractivity contribution in [3.8, 4) is 0 Å². The maximum Gasteiger partial charge on any atom is 0.410 e. The number of amides is 2. The van der Waals surface area contributed by atoms with Crippen molar-refractivity contribution in [1.82, 2.24) is 9.80 Å². The number of ether oxygens (including phenoxy) is 1. The molecule has 0 aromatic rings. The van der Waals surface area contributed by atoms with Gasteiger partial charge in [-0.1, -0.05) is 0 Å². The number of aliphatic hydroxyl groups is 1. The smallest absolute Gasteiger partial charge is 0.410 e. The average Bonchev–Trinajstić information content (AvgIpc) is 2.73. The van der Waals surface area contributed by atoms with Gasteiger partial charge in [0.05, 0.1) is 6.10 Å². The molecule has 0 aromatic carbocycles. The van der Waals surface area contributed by atoms with E-state index in [0.29, 0.717) is 19.5 Å². The largest absolute Gasteiger partial charge is 0.444 e. The highest BCUT2D eigenvalue weighted by atomic mass is 16.6. The molecular weight excluding hydrogens is 260 g/mol. The molecule has 0 spiro atoms. The maximum absolute atomic E-state index is 12.2. The molecule has 2 aliphatic rings. The summed E-state index contributed by atoms with van der Waals surface area (Å²) in [6.45, 7) is 6.51. The van der Waals surface area contributed by atoms with E-state index < -0.39 is 11.7 Å². The molecule has 1 heterocycles. The lowest BCUT2D eigenvalue weighted by Gasteiger charge is -2.38. The predicted molar refractivity (Wildman–Crippen MR) is 73.2 cm³/mol. The average molecular weight is 284 g/mol. The molecule has 1 saturated heterocycles. The number of nitrogens with zero attached hydrogens (tertiary/aromatic N) is 2. The molecule has 2 amide bonds. The van der Waals surface area contributed by atoms with Gasteiger partial charge in [0, 0.05) is 19.1 Å². The summed E-state index contributed by atoms with van der Waals surface area (Å²) in [7, 11) is 0. The van der Waals surface area contributed by atoms with Crippen LogP contribution in [-0.4, -0.2) is 64.3 Å². The fourth-order valence-corrected chi connectivity index (χ4v) is 2.77. The molecule has 2 fully saturated rings. The van der Waals surface area contributed by atoms with Crippen LogP contribution in [0.25, 0.3) is 0 Å². The van der Waals surface area contributed by atoms with Crippen molar-refractivity contribution < 1.29 is 19.4 Å². The summed E-state index contributed by atoms with van der Waals surface area (Å²) in [5.41, 5.74) is -0.549. The van der Waals surface area contributed by atoms with Gasteiger partial charge in [0.15, 0.2) is 0 Å². The molecular formula is C14H24N2O4. The van der Waals surface area contributed by atoms with Gasteiger partial charge in [-0.25, -0.2) is 4.79 Å². The van der Waals surface area contributed by atoms with Gasteiger partial charge in [-0.15, -0.1) is 0 Å². The Bertz CT molecular complexity index is 391. The summed E-state index contributed by atoms with van der Waals surface area (Å²) in [5.74, 6) is -0.0544. The molecule has 6 heteroatoms. The molecule has 2 rings (SSSR count). The van der Waals surface area contributed by atoms with Crippen molar-refractivity contribution in [2.45, 2.75) is 57.8 Å². The van der Waals surface area contributed by atoms with Gasteiger partial charge in [0.25, 0.3) is 0 Å². The van der Waals surface area contributed by atoms with Gasteiger partial charge < -0.3 is 14.7 Å². The molecule has 1 saturated carbocycles. The molecule has 1 N–H and O–H groups in total. The first-order valence-corrected chi connectivity index (χ1v) is 7.22. The Hall–Kier alpha value is -1.30. The number of hydrogen-bond donors (Lipinski definition) is 1. The second kappa shape index (κ2) is 5.60. The normalized spacial score (nSPS) is 27.9. The highest BCUT2D eigenvalue weighted by Gasteiger charge is 2.36. The zero-order chi connectivity index (χ0) is 14.9. The Morgan fingerprint density at radius 1 is 1.30 bits per heavy atom. The minimum atomic E-state index is -0.549. The number of piperazine rings is 1. The lowest BCUT2D eigenvalue weighted by molar-refractivity contribution is -0.138. The maximum atomic E-state index is 12.2. The summed E-state index contributed by atoms with van der Waals surface area (Å²) < 4.78 is 5.28. The molecule has 0 radical (unpaired) electrons. The molecule has 6 nitrogen and oxygen atoms in total. The van der Waals surface area contributed by atoms with Crippen LogP contribution in [0.2, 0.25) is 0 Å². The van der Waals surface area contributed by atoms with Crippen LogP contribution in [0.3, 0.4) is 0 Å². The lowest BCUT2D eigenvalue weighted by atomic mass is 10.1. The summed E-state index contributed by atoms with van der Waals surface area (Å²) in [6, 6.07) is 0.123. The van der Waals surface area contributed by atoms with Crippen LogP contribution in [0.1, 0.15) is 40.0 Å². The van der Waals surface area contributed by atoms with Crippen LogP contribution in [0.4, 0.5) is 4.79 Å². The zero-order valence-corrected chi connectivity index (χ0v) is 12.5. The highest BCUT2D eigenvalue weighted by Crippen LogP contribution is 2.25. The second-order valence-electron chi connectivity index (χ2n) is 6.61. The topological polar surface area (TPSA) is 70.1 Å². The van der Waals surface area contributed by atoms with Crippen LogP contribution in [0.5, 0.6) is 0 Å². The number of aliphatic hydroxyl groups excluding tert-OH is 1. The predicted octanol–water partition coefficient (Wildman–Crippen LogP) is 0.979. The summed E-state index contributed by atoms with van der Waals surface area (Å²) >= 11 is 0. The molecule has 0 aromatic heterocycles. The number of hydrogen-bond acceptors (Lipinski definition) is 4. The monoisotopic (exact) mass is 284 g/mol. The lowest BCUT2D eigenvalue weighted by Crippen LogP contribution is -2.55. The Morgan fingerprint density at radius 3 is 2.50 bits per heavy atom. The number of carbonyl (C=O) groups is 2. The van der Waals surface area contributed by atoms with Crippen molar-refractivity contribution >= 4 is 12.0 Å². The van der Waals surface area contributed by atoms with Crippen LogP contribution in [-0.2, 0) is 9.53 Å². The van der Waals surface area contributed by atoms with Crippen molar-refractivity contribution in [3.05, 3.63) is 0 Å². The first-order valence-electron chi connectivity index (χ1n) is 7.22. The third-order valence-corrected chi connectivity index (χ3v) is 3.73. The summed E-state index contributed by atoms with van der Waals surface area (Å²) in [5, 5.41) is 9.56. The van der Waals surface area contributed by atoms with E-state index in [2.05, 4.69) is 0 Å². The van der Waals surface area contributed by atoms with Gasteiger partial charge in [0.1, 0.15) is 12.1 Å². The quantitative estimate of drug-likeness (QED) is 0.779. The van der Waals surface area contributed by atoms with E-state index in [4.69, 9.17) is 4.74 Å². The molecule has 0 bridgehead atoms. The zero-order valence-electron chi connectivity index (χ0n) is 12.5. The van der Waals surface area contributed by atoms with Crippen molar-refractivity contribution in [2.75, 3.05) is 19.6 Å². The Labute approximate surface area is 119 Å². The SMILES string of the molecule is CC(C)(C)OC(=O)N1CCN([C@H]2CC[C@H](O)C2)C(=O)C1. The fourth-order valence-electron chi connectivity index (χ4n) is 2.77. The van der Waals surface area contributed by atoms with E-state index in [1.54, 1.807) is 4.90 Å². The summed E-state index contributed by atoms with van der Waals surface area (Å²) in [4.78, 5) is 27.4. The van der Waals surface area contributed by atoms with E-state index in [0.717, 1.165) is 12.8 Å². The highest BCUT2D eigenvalue weighted by molar-refractivity contribution is 5.84. The second-order valence-corrected chi connectivity index (χ2v) is 6.61. The Kier molecular flexibility index (Phi) is 4.22. The van der Waals surface area contributed by atoms with Gasteiger partial charge in [0.2, 0.25) is 5.91 Å². The minimum absolute atomic E-state index is 0.0544. The van der Waals surface area contributed by atoms with Crippen LogP contribution in [0.15, 0.2) is 0 Å². The fraction of sp³-hybridized carbons (Fsp3) is 0.857. The molecule has 20 heavy (non-hydrogen) atoms. The van der Waals surface area contributed by atoms with E-state index in [-0.39, 0.29) is 24.6 Å². The number of carbonyl (C=O) groups excluding carboxylic acids is 2. The molecule has 0 unspecified atom stereocenters. The molecule has 1 aliphatic carbocycles. The Morgan fingerprint density at radius 2 is 2.00 bits per heavy atom. The first kappa shape index (κ1) is 15.1. The third-order valence-electron chi connectivity index (χ3n) is 3.73. The van der Waals surface area contributed by atoms with Gasteiger partial charge in [-0.3, -0.25) is 9.69 Å². The molecule has 114 valence electrons. The third kappa shape index (κ3) is 3.62. The molecule has 2 atom stereocenters. The van der Waals surface area contributed by atoms with E-state index >= 15 is 0 Å². The van der Waals surface area contributed by atoms with Crippen molar-refractivity contribution in [3.63, 3.8) is 0 Å². The first-order chi connectivity index (χ1) is 9.26. The summed E-state index contributed by atoms with van der Waals surface area (Å²) in [6.07, 6.45) is 1.52. The van der Waals surface area contributed by atoms with Crippen LogP contribution >= 0.6 is 0 Å².